The Balaban J connectivity index is 1.55. The molecule has 0 spiro atoms. The van der Waals surface area contributed by atoms with Crippen molar-refractivity contribution in [1.29, 1.82) is 0 Å². The predicted molar refractivity (Wildman–Crippen MR) is 89.3 cm³/mol. The van der Waals surface area contributed by atoms with Crippen LogP contribution in [0, 0.1) is 11.2 Å². The van der Waals surface area contributed by atoms with Crippen molar-refractivity contribution in [2.24, 2.45) is 5.41 Å². The van der Waals surface area contributed by atoms with Gasteiger partial charge in [-0.05, 0) is 50.3 Å². The van der Waals surface area contributed by atoms with Crippen LogP contribution in [0.1, 0.15) is 45.1 Å². The summed E-state index contributed by atoms with van der Waals surface area (Å²) in [6.07, 6.45) is 5.24. The zero-order valence-corrected chi connectivity index (χ0v) is 14.0. The first-order valence-electron chi connectivity index (χ1n) is 8.73. The Morgan fingerprint density at radius 3 is 2.68 bits per heavy atom. The molecule has 1 aliphatic heterocycles. The lowest BCUT2D eigenvalue weighted by Crippen LogP contribution is -2.37. The van der Waals surface area contributed by atoms with E-state index in [1.165, 1.54) is 32.2 Å². The van der Waals surface area contributed by atoms with E-state index in [-0.39, 0.29) is 5.82 Å². The molecular weight excluding hydrogens is 275 g/mol. The molecule has 1 aromatic rings. The van der Waals surface area contributed by atoms with Crippen LogP contribution in [0.2, 0.25) is 0 Å². The highest BCUT2D eigenvalue weighted by atomic mass is 19.1. The molecule has 0 amide bonds. The molecule has 1 aromatic carbocycles. The van der Waals surface area contributed by atoms with Gasteiger partial charge in [0.25, 0.3) is 0 Å². The molecule has 22 heavy (non-hydrogen) atoms. The minimum absolute atomic E-state index is 0.0684. The first kappa shape index (κ1) is 15.9. The van der Waals surface area contributed by atoms with Gasteiger partial charge in [0.2, 0.25) is 0 Å². The van der Waals surface area contributed by atoms with Crippen molar-refractivity contribution in [3.05, 3.63) is 35.6 Å². The van der Waals surface area contributed by atoms with E-state index in [4.69, 9.17) is 0 Å². The van der Waals surface area contributed by atoms with Gasteiger partial charge in [-0.2, -0.15) is 0 Å². The minimum Gasteiger partial charge on any atom is -0.299 e. The van der Waals surface area contributed by atoms with E-state index in [0.29, 0.717) is 5.41 Å². The Labute approximate surface area is 134 Å². The van der Waals surface area contributed by atoms with Gasteiger partial charge in [0.05, 0.1) is 0 Å². The second kappa shape index (κ2) is 6.67. The van der Waals surface area contributed by atoms with Crippen LogP contribution in [0.15, 0.2) is 24.3 Å². The topological polar surface area (TPSA) is 6.48 Å². The van der Waals surface area contributed by atoms with Gasteiger partial charge in [0, 0.05) is 31.2 Å². The number of hydrogen-bond acceptors (Lipinski definition) is 2. The SMILES string of the molecule is CC1(C)CCC(N2CCCN(Cc3ccccc3F)CC2)C1. The van der Waals surface area contributed by atoms with Crippen molar-refractivity contribution < 1.29 is 4.39 Å². The third-order valence-electron chi connectivity index (χ3n) is 5.43. The lowest BCUT2D eigenvalue weighted by atomic mass is 9.91. The van der Waals surface area contributed by atoms with Gasteiger partial charge in [0.1, 0.15) is 5.82 Å². The highest BCUT2D eigenvalue weighted by molar-refractivity contribution is 5.17. The summed E-state index contributed by atoms with van der Waals surface area (Å²) in [6.45, 7) is 10.0. The van der Waals surface area contributed by atoms with Crippen LogP contribution >= 0.6 is 0 Å². The van der Waals surface area contributed by atoms with Gasteiger partial charge in [-0.1, -0.05) is 32.0 Å². The van der Waals surface area contributed by atoms with E-state index in [9.17, 15) is 4.39 Å². The normalized spacial score (nSPS) is 27.0. The van der Waals surface area contributed by atoms with E-state index in [1.807, 2.05) is 12.1 Å². The fourth-order valence-electron chi connectivity index (χ4n) is 4.09. The monoisotopic (exact) mass is 304 g/mol. The van der Waals surface area contributed by atoms with Gasteiger partial charge >= 0.3 is 0 Å². The van der Waals surface area contributed by atoms with Crippen LogP contribution in [-0.4, -0.2) is 42.0 Å². The Hall–Kier alpha value is -0.930. The maximum atomic E-state index is 13.8. The van der Waals surface area contributed by atoms with Crippen LogP contribution in [0.5, 0.6) is 0 Å². The summed E-state index contributed by atoms with van der Waals surface area (Å²) in [7, 11) is 0. The number of nitrogens with zero attached hydrogens (tertiary/aromatic N) is 2. The summed E-state index contributed by atoms with van der Waals surface area (Å²) in [5.74, 6) is -0.0684. The van der Waals surface area contributed by atoms with Crippen LogP contribution in [-0.2, 0) is 6.54 Å². The van der Waals surface area contributed by atoms with Gasteiger partial charge in [-0.25, -0.2) is 4.39 Å². The van der Waals surface area contributed by atoms with Crippen LogP contribution in [0.25, 0.3) is 0 Å². The van der Waals surface area contributed by atoms with Crippen molar-refractivity contribution >= 4 is 0 Å². The standard InChI is InChI=1S/C19H29FN2/c1-19(2)9-8-17(14-19)22-11-5-10-21(12-13-22)15-16-6-3-4-7-18(16)20/h3-4,6-7,17H,5,8-15H2,1-2H3. The molecule has 0 radical (unpaired) electrons. The van der Waals surface area contributed by atoms with Gasteiger partial charge in [0.15, 0.2) is 0 Å². The average molecular weight is 304 g/mol. The summed E-state index contributed by atoms with van der Waals surface area (Å²) < 4.78 is 13.8. The van der Waals surface area contributed by atoms with Crippen LogP contribution in [0.3, 0.4) is 0 Å². The van der Waals surface area contributed by atoms with Crippen LogP contribution in [0.4, 0.5) is 4.39 Å². The largest absolute Gasteiger partial charge is 0.299 e. The molecule has 1 heterocycles. The van der Waals surface area contributed by atoms with Crippen molar-refractivity contribution in [3.63, 3.8) is 0 Å². The molecule has 1 saturated heterocycles. The molecule has 1 atom stereocenters. The number of benzene rings is 1. The van der Waals surface area contributed by atoms with Gasteiger partial charge in [-0.3, -0.25) is 9.80 Å². The van der Waals surface area contributed by atoms with Crippen molar-refractivity contribution in [1.82, 2.24) is 9.80 Å². The van der Waals surface area contributed by atoms with Crippen LogP contribution < -0.4 is 0 Å². The van der Waals surface area contributed by atoms with Crippen molar-refractivity contribution in [2.75, 3.05) is 26.2 Å². The first-order valence-corrected chi connectivity index (χ1v) is 8.73. The third kappa shape index (κ3) is 3.88. The first-order chi connectivity index (χ1) is 10.5. The molecule has 1 aliphatic carbocycles. The lowest BCUT2D eigenvalue weighted by molar-refractivity contribution is 0.187. The molecule has 1 saturated carbocycles. The molecule has 1 unspecified atom stereocenters. The second-order valence-electron chi connectivity index (χ2n) is 7.82. The number of hydrogen-bond donors (Lipinski definition) is 0. The molecule has 122 valence electrons. The number of halogens is 1. The Kier molecular flexibility index (Phi) is 4.84. The Morgan fingerprint density at radius 2 is 1.95 bits per heavy atom. The van der Waals surface area contributed by atoms with Gasteiger partial charge < -0.3 is 0 Å². The molecule has 3 rings (SSSR count). The summed E-state index contributed by atoms with van der Waals surface area (Å²) in [5.41, 5.74) is 1.35. The third-order valence-corrected chi connectivity index (χ3v) is 5.43. The quantitative estimate of drug-likeness (QED) is 0.835. The van der Waals surface area contributed by atoms with E-state index in [2.05, 4.69) is 23.6 Å². The summed E-state index contributed by atoms with van der Waals surface area (Å²) in [6, 6.07) is 7.95. The maximum Gasteiger partial charge on any atom is 0.127 e. The van der Waals surface area contributed by atoms with E-state index >= 15 is 0 Å². The highest BCUT2D eigenvalue weighted by Gasteiger charge is 2.34. The minimum atomic E-state index is -0.0684. The summed E-state index contributed by atoms with van der Waals surface area (Å²) in [5, 5.41) is 0. The highest BCUT2D eigenvalue weighted by Crippen LogP contribution is 2.39. The van der Waals surface area contributed by atoms with E-state index in [0.717, 1.165) is 37.8 Å². The fraction of sp³-hybridized carbons (Fsp3) is 0.684. The predicted octanol–water partition coefficient (Wildman–Crippen LogP) is 3.91. The van der Waals surface area contributed by atoms with Gasteiger partial charge in [-0.15, -0.1) is 0 Å². The second-order valence-corrected chi connectivity index (χ2v) is 7.82. The Bertz CT molecular complexity index is 500. The Morgan fingerprint density at radius 1 is 1.14 bits per heavy atom. The fourth-order valence-corrected chi connectivity index (χ4v) is 4.09. The summed E-state index contributed by atoms with van der Waals surface area (Å²) >= 11 is 0. The number of rotatable bonds is 3. The van der Waals surface area contributed by atoms with Crippen molar-refractivity contribution in [3.8, 4) is 0 Å². The molecule has 3 heteroatoms. The molecule has 2 aliphatic rings. The van der Waals surface area contributed by atoms with Crippen molar-refractivity contribution in [2.45, 2.75) is 52.1 Å². The molecule has 2 nitrogen and oxygen atoms in total. The summed E-state index contributed by atoms with van der Waals surface area (Å²) in [4.78, 5) is 5.11. The zero-order valence-electron chi connectivity index (χ0n) is 14.0. The molecule has 0 bridgehead atoms. The maximum absolute atomic E-state index is 13.8. The zero-order chi connectivity index (χ0) is 15.6. The lowest BCUT2D eigenvalue weighted by Gasteiger charge is -2.29. The molecule has 2 fully saturated rings. The van der Waals surface area contributed by atoms with E-state index < -0.39 is 0 Å². The molecule has 0 aromatic heterocycles. The average Bonchev–Trinajstić information content (AvgIpc) is 2.70. The van der Waals surface area contributed by atoms with E-state index in [1.54, 1.807) is 12.1 Å². The molecule has 0 N–H and O–H groups in total. The molecular formula is C19H29FN2. The smallest absolute Gasteiger partial charge is 0.127 e.